The molecule has 6 nitrogen and oxygen atoms in total. The Morgan fingerprint density at radius 2 is 1.84 bits per heavy atom. The zero-order chi connectivity index (χ0) is 22.5. The van der Waals surface area contributed by atoms with Crippen molar-refractivity contribution in [3.8, 4) is 5.75 Å². The maximum atomic E-state index is 12.9. The highest BCUT2D eigenvalue weighted by atomic mass is 16.5. The van der Waals surface area contributed by atoms with E-state index < -0.39 is 6.10 Å². The largest absolute Gasteiger partial charge is 0.479 e. The number of fused-ring (bicyclic) bond motifs is 1. The van der Waals surface area contributed by atoms with Crippen LogP contribution in [0.25, 0.3) is 6.08 Å². The lowest BCUT2D eigenvalue weighted by molar-refractivity contribution is -0.125. The fourth-order valence-electron chi connectivity index (χ4n) is 4.17. The number of ether oxygens (including phenoxy) is 1. The number of hydrogen-bond donors (Lipinski definition) is 1. The number of nitrogens with zero attached hydrogens (tertiary/aromatic N) is 2. The predicted molar refractivity (Wildman–Crippen MR) is 128 cm³/mol. The van der Waals surface area contributed by atoms with Gasteiger partial charge in [0, 0.05) is 24.9 Å². The van der Waals surface area contributed by atoms with E-state index in [0.29, 0.717) is 23.7 Å². The summed E-state index contributed by atoms with van der Waals surface area (Å²) in [6, 6.07) is 13.4. The van der Waals surface area contributed by atoms with Crippen molar-refractivity contribution in [1.29, 1.82) is 0 Å². The van der Waals surface area contributed by atoms with Crippen molar-refractivity contribution >= 4 is 29.3 Å². The number of aryl methyl sites for hydroxylation is 1. The molecule has 1 unspecified atom stereocenters. The standard InChI is InChI=1S/C26H31N3O3/c1-19-6-8-21(9-7-19)10-13-25(30)27-22-11-12-24-23(18-22)29(26(31)20(2)32-24)17-16-28-14-4-3-5-15-28/h6-13,18,20H,3-5,14-17H2,1-2H3,(H,27,30)/b13-10+. The quantitative estimate of drug-likeness (QED) is 0.692. The maximum absolute atomic E-state index is 12.9. The minimum atomic E-state index is -0.512. The van der Waals surface area contributed by atoms with Crippen LogP contribution in [0.4, 0.5) is 11.4 Å². The Bertz CT molecular complexity index is 994. The highest BCUT2D eigenvalue weighted by Crippen LogP contribution is 2.36. The Balaban J connectivity index is 1.46. The fourth-order valence-corrected chi connectivity index (χ4v) is 4.17. The van der Waals surface area contributed by atoms with Gasteiger partial charge >= 0.3 is 0 Å². The smallest absolute Gasteiger partial charge is 0.267 e. The third-order valence-corrected chi connectivity index (χ3v) is 6.03. The van der Waals surface area contributed by atoms with Crippen LogP contribution in [-0.2, 0) is 9.59 Å². The molecule has 1 atom stereocenters. The summed E-state index contributed by atoms with van der Waals surface area (Å²) in [6.07, 6.45) is 6.51. The number of rotatable bonds is 6. The minimum absolute atomic E-state index is 0.0442. The second kappa shape index (κ2) is 10.0. The molecule has 2 aliphatic rings. The van der Waals surface area contributed by atoms with Crippen LogP contribution in [0.5, 0.6) is 5.75 Å². The van der Waals surface area contributed by atoms with Gasteiger partial charge in [0.15, 0.2) is 6.10 Å². The number of carbonyl (C=O) groups is 2. The van der Waals surface area contributed by atoms with Gasteiger partial charge in [-0.05, 0) is 69.6 Å². The van der Waals surface area contributed by atoms with Crippen molar-refractivity contribution in [2.45, 2.75) is 39.2 Å². The lowest BCUT2D eigenvalue weighted by atomic mass is 10.1. The molecule has 6 heteroatoms. The number of piperidine rings is 1. The summed E-state index contributed by atoms with van der Waals surface area (Å²) >= 11 is 0. The summed E-state index contributed by atoms with van der Waals surface area (Å²) in [5, 5.41) is 2.90. The second-order valence-electron chi connectivity index (χ2n) is 8.57. The first-order chi connectivity index (χ1) is 15.5. The summed E-state index contributed by atoms with van der Waals surface area (Å²) < 4.78 is 5.81. The molecule has 4 rings (SSSR count). The van der Waals surface area contributed by atoms with Crippen molar-refractivity contribution in [1.82, 2.24) is 4.90 Å². The molecule has 2 amide bonds. The van der Waals surface area contributed by atoms with E-state index in [2.05, 4.69) is 10.2 Å². The molecule has 0 bridgehead atoms. The number of benzene rings is 2. The van der Waals surface area contributed by atoms with Gasteiger partial charge in [0.25, 0.3) is 5.91 Å². The number of nitrogens with one attached hydrogen (secondary N) is 1. The predicted octanol–water partition coefficient (Wildman–Crippen LogP) is 4.25. The average molecular weight is 434 g/mol. The first kappa shape index (κ1) is 22.1. The van der Waals surface area contributed by atoms with Crippen LogP contribution < -0.4 is 15.0 Å². The van der Waals surface area contributed by atoms with Gasteiger partial charge in [-0.2, -0.15) is 0 Å². The van der Waals surface area contributed by atoms with E-state index in [1.807, 2.05) is 49.4 Å². The fraction of sp³-hybridized carbons (Fsp3) is 0.385. The monoisotopic (exact) mass is 433 g/mol. The van der Waals surface area contributed by atoms with Crippen molar-refractivity contribution in [3.63, 3.8) is 0 Å². The highest BCUT2D eigenvalue weighted by Gasteiger charge is 2.32. The molecule has 0 radical (unpaired) electrons. The van der Waals surface area contributed by atoms with E-state index in [1.54, 1.807) is 17.9 Å². The molecule has 2 heterocycles. The van der Waals surface area contributed by atoms with Gasteiger partial charge < -0.3 is 19.9 Å². The molecule has 2 aliphatic heterocycles. The molecule has 1 saturated heterocycles. The molecule has 2 aromatic rings. The molecule has 32 heavy (non-hydrogen) atoms. The van der Waals surface area contributed by atoms with Crippen LogP contribution in [0.15, 0.2) is 48.5 Å². The van der Waals surface area contributed by atoms with E-state index in [-0.39, 0.29) is 11.8 Å². The van der Waals surface area contributed by atoms with Crippen molar-refractivity contribution in [3.05, 3.63) is 59.7 Å². The second-order valence-corrected chi connectivity index (χ2v) is 8.57. The van der Waals surface area contributed by atoms with E-state index in [0.717, 1.165) is 25.2 Å². The highest BCUT2D eigenvalue weighted by molar-refractivity contribution is 6.04. The zero-order valence-corrected chi connectivity index (χ0v) is 18.8. The van der Waals surface area contributed by atoms with Crippen molar-refractivity contribution in [2.24, 2.45) is 0 Å². The normalized spacial score (nSPS) is 19.0. The van der Waals surface area contributed by atoms with E-state index >= 15 is 0 Å². The molecular weight excluding hydrogens is 402 g/mol. The topological polar surface area (TPSA) is 61.9 Å². The van der Waals surface area contributed by atoms with Crippen LogP contribution in [0.2, 0.25) is 0 Å². The lowest BCUT2D eigenvalue weighted by Gasteiger charge is -2.35. The number of amides is 2. The van der Waals surface area contributed by atoms with E-state index in [9.17, 15) is 9.59 Å². The van der Waals surface area contributed by atoms with Gasteiger partial charge in [-0.1, -0.05) is 36.2 Å². The molecule has 1 fully saturated rings. The Morgan fingerprint density at radius 1 is 1.09 bits per heavy atom. The molecule has 0 aromatic heterocycles. The summed E-state index contributed by atoms with van der Waals surface area (Å²) in [5.74, 6) is 0.406. The Labute approximate surface area is 189 Å². The molecule has 0 spiro atoms. The molecule has 2 aromatic carbocycles. The number of anilines is 2. The third-order valence-electron chi connectivity index (χ3n) is 6.03. The lowest BCUT2D eigenvalue weighted by Crippen LogP contribution is -2.48. The van der Waals surface area contributed by atoms with Gasteiger partial charge in [0.2, 0.25) is 5.91 Å². The first-order valence-electron chi connectivity index (χ1n) is 11.4. The van der Waals surface area contributed by atoms with Crippen molar-refractivity contribution in [2.75, 3.05) is 36.4 Å². The number of hydrogen-bond acceptors (Lipinski definition) is 4. The first-order valence-corrected chi connectivity index (χ1v) is 11.4. The zero-order valence-electron chi connectivity index (χ0n) is 18.8. The van der Waals surface area contributed by atoms with Gasteiger partial charge in [-0.3, -0.25) is 9.59 Å². The van der Waals surface area contributed by atoms with E-state index in [1.165, 1.54) is 30.9 Å². The van der Waals surface area contributed by atoms with Crippen LogP contribution in [0.3, 0.4) is 0 Å². The number of carbonyl (C=O) groups excluding carboxylic acids is 2. The molecule has 0 saturated carbocycles. The van der Waals surface area contributed by atoms with Crippen LogP contribution in [0.1, 0.15) is 37.3 Å². The van der Waals surface area contributed by atoms with Gasteiger partial charge in [0.05, 0.1) is 5.69 Å². The molecule has 168 valence electrons. The van der Waals surface area contributed by atoms with Gasteiger partial charge in [-0.25, -0.2) is 0 Å². The summed E-state index contributed by atoms with van der Waals surface area (Å²) in [5.41, 5.74) is 3.49. The van der Waals surface area contributed by atoms with Crippen LogP contribution in [0, 0.1) is 6.92 Å². The van der Waals surface area contributed by atoms with Crippen LogP contribution in [-0.4, -0.2) is 49.0 Å². The Morgan fingerprint density at radius 3 is 2.59 bits per heavy atom. The van der Waals surface area contributed by atoms with Gasteiger partial charge in [0.1, 0.15) is 5.75 Å². The summed E-state index contributed by atoms with van der Waals surface area (Å²) in [7, 11) is 0. The molecule has 0 aliphatic carbocycles. The third kappa shape index (κ3) is 5.37. The minimum Gasteiger partial charge on any atom is -0.479 e. The maximum Gasteiger partial charge on any atom is 0.267 e. The Hall–Kier alpha value is -3.12. The van der Waals surface area contributed by atoms with E-state index in [4.69, 9.17) is 4.74 Å². The van der Waals surface area contributed by atoms with Crippen LogP contribution >= 0.6 is 0 Å². The average Bonchev–Trinajstić information content (AvgIpc) is 2.80. The molecular formula is C26H31N3O3. The molecule has 1 N–H and O–H groups in total. The summed E-state index contributed by atoms with van der Waals surface area (Å²) in [6.45, 7) is 7.44. The summed E-state index contributed by atoms with van der Waals surface area (Å²) in [4.78, 5) is 29.5. The Kier molecular flexibility index (Phi) is 6.90. The van der Waals surface area contributed by atoms with Crippen molar-refractivity contribution < 1.29 is 14.3 Å². The number of likely N-dealkylation sites (tertiary alicyclic amines) is 1. The SMILES string of the molecule is Cc1ccc(/C=C/C(=O)Nc2ccc3c(c2)N(CCN2CCCCC2)C(=O)C(C)O3)cc1. The van der Waals surface area contributed by atoms with Gasteiger partial charge in [-0.15, -0.1) is 0 Å².